The van der Waals surface area contributed by atoms with Crippen LogP contribution in [-0.4, -0.2) is 18.6 Å². The third kappa shape index (κ3) is 3.63. The molecule has 1 aliphatic rings. The second-order valence-electron chi connectivity index (χ2n) is 6.00. The Bertz CT molecular complexity index is 463. The smallest absolute Gasteiger partial charge is 0.244 e. The van der Waals surface area contributed by atoms with Crippen molar-refractivity contribution in [3.05, 3.63) is 35.9 Å². The number of carbonyl (C=O) groups is 1. The van der Waals surface area contributed by atoms with Gasteiger partial charge >= 0.3 is 0 Å². The van der Waals surface area contributed by atoms with Crippen molar-refractivity contribution in [3.8, 4) is 0 Å². The lowest BCUT2D eigenvalue weighted by molar-refractivity contribution is -0.128. The number of hydrogen-bond donors (Lipinski definition) is 2. The van der Waals surface area contributed by atoms with E-state index in [-0.39, 0.29) is 12.7 Å². The van der Waals surface area contributed by atoms with Gasteiger partial charge in [0.25, 0.3) is 0 Å². The summed E-state index contributed by atoms with van der Waals surface area (Å²) in [6, 6.07) is 9.25. The first-order chi connectivity index (χ1) is 10.1. The maximum atomic E-state index is 11.9. The van der Waals surface area contributed by atoms with E-state index in [1.165, 1.54) is 19.3 Å². The first-order valence-corrected chi connectivity index (χ1v) is 7.84. The molecule has 3 unspecified atom stereocenters. The fourth-order valence-electron chi connectivity index (χ4n) is 3.13. The zero-order valence-corrected chi connectivity index (χ0v) is 12.8. The van der Waals surface area contributed by atoms with E-state index in [9.17, 15) is 4.79 Å². The van der Waals surface area contributed by atoms with Crippen LogP contribution >= 0.6 is 0 Å². The number of nitrogens with two attached hydrogens (primary N) is 2. The normalized spacial score (nSPS) is 25.2. The largest absolute Gasteiger partial charge is 0.375 e. The van der Waals surface area contributed by atoms with Crippen molar-refractivity contribution in [2.24, 2.45) is 17.4 Å². The molecule has 1 fully saturated rings. The topological polar surface area (TPSA) is 78.3 Å². The van der Waals surface area contributed by atoms with Crippen LogP contribution in [0.5, 0.6) is 0 Å². The lowest BCUT2D eigenvalue weighted by Gasteiger charge is -2.34. The third-order valence-electron chi connectivity index (χ3n) is 4.62. The molecule has 1 aromatic rings. The Hall–Kier alpha value is -1.39. The van der Waals surface area contributed by atoms with Crippen LogP contribution < -0.4 is 11.5 Å². The summed E-state index contributed by atoms with van der Waals surface area (Å²) in [6.45, 7) is 2.33. The van der Waals surface area contributed by atoms with E-state index in [1.54, 1.807) is 0 Å². The van der Waals surface area contributed by atoms with Crippen LogP contribution in [0.1, 0.15) is 44.6 Å². The van der Waals surface area contributed by atoms with Crippen LogP contribution in [0.15, 0.2) is 30.3 Å². The van der Waals surface area contributed by atoms with Crippen LogP contribution in [0.4, 0.5) is 0 Å². The van der Waals surface area contributed by atoms with Crippen LogP contribution in [-0.2, 0) is 15.1 Å². The highest BCUT2D eigenvalue weighted by atomic mass is 16.5. The van der Waals surface area contributed by atoms with Crippen molar-refractivity contribution in [1.82, 2.24) is 0 Å². The Labute approximate surface area is 126 Å². The number of benzene rings is 1. The Morgan fingerprint density at radius 3 is 2.57 bits per heavy atom. The van der Waals surface area contributed by atoms with Crippen molar-refractivity contribution in [2.45, 2.75) is 50.7 Å². The van der Waals surface area contributed by atoms with Gasteiger partial charge in [0.05, 0.1) is 12.7 Å². The summed E-state index contributed by atoms with van der Waals surface area (Å²) in [5.74, 6) is 0.0178. The lowest BCUT2D eigenvalue weighted by atomic mass is 9.84. The molecule has 1 aliphatic carbocycles. The van der Waals surface area contributed by atoms with Gasteiger partial charge in [0.2, 0.25) is 5.91 Å². The van der Waals surface area contributed by atoms with Crippen LogP contribution in [0.25, 0.3) is 0 Å². The number of primary amides is 1. The Kier molecular flexibility index (Phi) is 5.37. The molecular formula is C17H26N2O2. The van der Waals surface area contributed by atoms with E-state index in [0.717, 1.165) is 12.8 Å². The van der Waals surface area contributed by atoms with Crippen LogP contribution in [0.2, 0.25) is 0 Å². The summed E-state index contributed by atoms with van der Waals surface area (Å²) >= 11 is 0. The van der Waals surface area contributed by atoms with Crippen molar-refractivity contribution in [2.75, 3.05) is 6.61 Å². The fraction of sp³-hybridized carbons (Fsp3) is 0.588. The average molecular weight is 290 g/mol. The second kappa shape index (κ2) is 7.05. The second-order valence-corrected chi connectivity index (χ2v) is 6.00. The van der Waals surface area contributed by atoms with E-state index in [2.05, 4.69) is 6.92 Å². The summed E-state index contributed by atoms with van der Waals surface area (Å²) in [5, 5.41) is 0. The van der Waals surface area contributed by atoms with Gasteiger partial charge in [-0.1, -0.05) is 56.5 Å². The Morgan fingerprint density at radius 1 is 1.29 bits per heavy atom. The molecule has 2 rings (SSSR count). The standard InChI is InChI=1S/C17H26N2O2/c1-2-13-8-6-7-11-15(13)21-12-17(19,16(18)20)14-9-4-3-5-10-14/h3-5,9-10,13,15H,2,6-8,11-12,19H2,1H3,(H2,18,20). The maximum absolute atomic E-state index is 11.9. The van der Waals surface area contributed by atoms with Crippen LogP contribution in [0, 0.1) is 5.92 Å². The predicted octanol–water partition coefficient (Wildman–Crippen LogP) is 2.31. The molecule has 116 valence electrons. The Balaban J connectivity index is 2.08. The summed E-state index contributed by atoms with van der Waals surface area (Å²) in [5.41, 5.74) is 11.3. The van der Waals surface area contributed by atoms with E-state index in [0.29, 0.717) is 11.5 Å². The number of rotatable bonds is 6. The molecule has 21 heavy (non-hydrogen) atoms. The molecule has 4 N–H and O–H groups in total. The van der Waals surface area contributed by atoms with Gasteiger partial charge in [0.15, 0.2) is 0 Å². The van der Waals surface area contributed by atoms with Crippen molar-refractivity contribution in [1.29, 1.82) is 0 Å². The van der Waals surface area contributed by atoms with Crippen LogP contribution in [0.3, 0.4) is 0 Å². The Morgan fingerprint density at radius 2 is 1.95 bits per heavy atom. The molecule has 0 saturated heterocycles. The molecule has 0 bridgehead atoms. The first kappa shape index (κ1) is 16.0. The highest BCUT2D eigenvalue weighted by Crippen LogP contribution is 2.30. The lowest BCUT2D eigenvalue weighted by Crippen LogP contribution is -2.53. The molecular weight excluding hydrogens is 264 g/mol. The van der Waals surface area contributed by atoms with E-state index in [4.69, 9.17) is 16.2 Å². The third-order valence-corrected chi connectivity index (χ3v) is 4.62. The van der Waals surface area contributed by atoms with Gasteiger partial charge in [-0.15, -0.1) is 0 Å². The van der Waals surface area contributed by atoms with Crippen molar-refractivity contribution in [3.63, 3.8) is 0 Å². The number of amides is 1. The van der Waals surface area contributed by atoms with Gasteiger partial charge in [-0.2, -0.15) is 0 Å². The summed E-state index contributed by atoms with van der Waals surface area (Å²) in [7, 11) is 0. The molecule has 0 aromatic heterocycles. The van der Waals surface area contributed by atoms with E-state index < -0.39 is 11.4 Å². The molecule has 4 nitrogen and oxygen atoms in total. The van der Waals surface area contributed by atoms with Gasteiger partial charge in [0, 0.05) is 0 Å². The molecule has 4 heteroatoms. The molecule has 1 aromatic carbocycles. The molecule has 1 saturated carbocycles. The fourth-order valence-corrected chi connectivity index (χ4v) is 3.13. The van der Waals surface area contributed by atoms with Gasteiger partial charge in [0.1, 0.15) is 5.54 Å². The number of carbonyl (C=O) groups excluding carboxylic acids is 1. The van der Waals surface area contributed by atoms with Gasteiger partial charge < -0.3 is 16.2 Å². The van der Waals surface area contributed by atoms with Crippen molar-refractivity contribution < 1.29 is 9.53 Å². The number of hydrogen-bond acceptors (Lipinski definition) is 3. The molecule has 0 aliphatic heterocycles. The summed E-state index contributed by atoms with van der Waals surface area (Å²) < 4.78 is 6.04. The van der Waals surface area contributed by atoms with E-state index >= 15 is 0 Å². The SMILES string of the molecule is CCC1CCCCC1OCC(N)(C(N)=O)c1ccccc1. The molecule has 0 spiro atoms. The van der Waals surface area contributed by atoms with Crippen molar-refractivity contribution >= 4 is 5.91 Å². The predicted molar refractivity (Wildman–Crippen MR) is 83.5 cm³/mol. The van der Waals surface area contributed by atoms with Gasteiger partial charge in [-0.3, -0.25) is 4.79 Å². The molecule has 3 atom stereocenters. The zero-order chi connectivity index (χ0) is 15.3. The van der Waals surface area contributed by atoms with Gasteiger partial charge in [-0.25, -0.2) is 0 Å². The first-order valence-electron chi connectivity index (χ1n) is 7.84. The molecule has 0 radical (unpaired) electrons. The average Bonchev–Trinajstić information content (AvgIpc) is 2.53. The van der Waals surface area contributed by atoms with Gasteiger partial charge in [-0.05, 0) is 24.3 Å². The molecule has 1 amide bonds. The minimum Gasteiger partial charge on any atom is -0.375 e. The monoisotopic (exact) mass is 290 g/mol. The van der Waals surface area contributed by atoms with E-state index in [1.807, 2.05) is 30.3 Å². The zero-order valence-electron chi connectivity index (χ0n) is 12.8. The highest BCUT2D eigenvalue weighted by Gasteiger charge is 2.36. The maximum Gasteiger partial charge on any atom is 0.244 e. The quantitative estimate of drug-likeness (QED) is 0.844. The highest BCUT2D eigenvalue weighted by molar-refractivity contribution is 5.86. The minimum atomic E-state index is -1.25. The summed E-state index contributed by atoms with van der Waals surface area (Å²) in [6.07, 6.45) is 5.98. The number of ether oxygens (including phenoxy) is 1. The molecule has 0 heterocycles. The summed E-state index contributed by atoms with van der Waals surface area (Å²) in [4.78, 5) is 11.9. The minimum absolute atomic E-state index is 0.146.